The van der Waals surface area contributed by atoms with E-state index in [1.165, 1.54) is 57.8 Å². The van der Waals surface area contributed by atoms with Crippen LogP contribution in [0, 0.1) is 12.8 Å². The van der Waals surface area contributed by atoms with E-state index in [1.807, 2.05) is 0 Å². The van der Waals surface area contributed by atoms with Gasteiger partial charge in [-0.2, -0.15) is 0 Å². The summed E-state index contributed by atoms with van der Waals surface area (Å²) in [7, 11) is 0. The number of hydrogen-bond donors (Lipinski definition) is 0. The van der Waals surface area contributed by atoms with Crippen LogP contribution >= 0.6 is 0 Å². The molecule has 11 heavy (non-hydrogen) atoms. The highest BCUT2D eigenvalue weighted by atomic mass is 14.0. The SMILES string of the molecule is [CH]1[CH]CCCCCCCCC1. The van der Waals surface area contributed by atoms with Crippen LogP contribution in [0.1, 0.15) is 57.8 Å². The van der Waals surface area contributed by atoms with E-state index in [4.69, 9.17) is 0 Å². The average molecular weight is 152 g/mol. The van der Waals surface area contributed by atoms with E-state index in [0.717, 1.165) is 0 Å². The van der Waals surface area contributed by atoms with Crippen molar-refractivity contribution in [2.75, 3.05) is 0 Å². The fraction of sp³-hybridized carbons (Fsp3) is 0.818. The van der Waals surface area contributed by atoms with Crippen molar-refractivity contribution in [1.29, 1.82) is 0 Å². The van der Waals surface area contributed by atoms with E-state index in [2.05, 4.69) is 12.8 Å². The van der Waals surface area contributed by atoms with Crippen LogP contribution in [0.4, 0.5) is 0 Å². The molecule has 0 saturated heterocycles. The Labute approximate surface area is 71.4 Å². The van der Waals surface area contributed by atoms with Crippen LogP contribution in [0.5, 0.6) is 0 Å². The molecule has 1 aliphatic carbocycles. The van der Waals surface area contributed by atoms with Gasteiger partial charge in [0.1, 0.15) is 0 Å². The van der Waals surface area contributed by atoms with Crippen molar-refractivity contribution in [3.05, 3.63) is 12.8 Å². The summed E-state index contributed by atoms with van der Waals surface area (Å²) in [5.41, 5.74) is 0. The van der Waals surface area contributed by atoms with E-state index in [0.29, 0.717) is 0 Å². The second-order valence-corrected chi connectivity index (χ2v) is 3.52. The van der Waals surface area contributed by atoms with Gasteiger partial charge in [0, 0.05) is 0 Å². The molecule has 0 atom stereocenters. The lowest BCUT2D eigenvalue weighted by Crippen LogP contribution is -1.80. The Kier molecular flexibility index (Phi) is 5.53. The monoisotopic (exact) mass is 152 g/mol. The predicted octanol–water partition coefficient (Wildman–Crippen LogP) is 3.92. The molecule has 0 heterocycles. The fourth-order valence-electron chi connectivity index (χ4n) is 1.64. The molecule has 0 nitrogen and oxygen atoms in total. The maximum Gasteiger partial charge on any atom is -0.0352 e. The van der Waals surface area contributed by atoms with E-state index < -0.39 is 0 Å². The van der Waals surface area contributed by atoms with Crippen molar-refractivity contribution in [2.45, 2.75) is 57.8 Å². The molecule has 0 spiro atoms. The van der Waals surface area contributed by atoms with Crippen LogP contribution < -0.4 is 0 Å². The first kappa shape index (κ1) is 9.09. The minimum Gasteiger partial charge on any atom is -0.0533 e. The lowest BCUT2D eigenvalue weighted by Gasteiger charge is -1.97. The highest BCUT2D eigenvalue weighted by Crippen LogP contribution is 2.14. The van der Waals surface area contributed by atoms with E-state index >= 15 is 0 Å². The molecule has 0 amide bonds. The quantitative estimate of drug-likeness (QED) is 0.493. The van der Waals surface area contributed by atoms with Crippen molar-refractivity contribution < 1.29 is 0 Å². The lowest BCUT2D eigenvalue weighted by molar-refractivity contribution is 0.589. The second kappa shape index (κ2) is 6.69. The molecule has 1 saturated carbocycles. The summed E-state index contributed by atoms with van der Waals surface area (Å²) in [6.45, 7) is 0. The Morgan fingerprint density at radius 3 is 1.27 bits per heavy atom. The highest BCUT2D eigenvalue weighted by molar-refractivity contribution is 4.83. The van der Waals surface area contributed by atoms with E-state index in [-0.39, 0.29) is 0 Å². The molecule has 2 radical (unpaired) electrons. The third kappa shape index (κ3) is 5.29. The van der Waals surface area contributed by atoms with Gasteiger partial charge in [-0.25, -0.2) is 0 Å². The van der Waals surface area contributed by atoms with Gasteiger partial charge in [0.15, 0.2) is 0 Å². The van der Waals surface area contributed by atoms with Crippen LogP contribution in [0.15, 0.2) is 0 Å². The summed E-state index contributed by atoms with van der Waals surface area (Å²) >= 11 is 0. The summed E-state index contributed by atoms with van der Waals surface area (Å²) in [4.78, 5) is 0. The summed E-state index contributed by atoms with van der Waals surface area (Å²) in [5, 5.41) is 0. The third-order valence-corrected chi connectivity index (χ3v) is 2.41. The normalized spacial score (nSPS) is 24.0. The second-order valence-electron chi connectivity index (χ2n) is 3.52. The van der Waals surface area contributed by atoms with Crippen molar-refractivity contribution >= 4 is 0 Å². The van der Waals surface area contributed by atoms with Crippen LogP contribution in [-0.2, 0) is 0 Å². The lowest BCUT2D eigenvalue weighted by atomic mass is 10.1. The predicted molar refractivity (Wildman–Crippen MR) is 50.2 cm³/mol. The van der Waals surface area contributed by atoms with Crippen molar-refractivity contribution in [3.8, 4) is 0 Å². The maximum absolute atomic E-state index is 2.37. The fourth-order valence-corrected chi connectivity index (χ4v) is 1.64. The van der Waals surface area contributed by atoms with Crippen LogP contribution in [-0.4, -0.2) is 0 Å². The molecule has 0 aromatic carbocycles. The van der Waals surface area contributed by atoms with Gasteiger partial charge in [-0.3, -0.25) is 0 Å². The smallest absolute Gasteiger partial charge is 0.0352 e. The highest BCUT2D eigenvalue weighted by Gasteiger charge is 1.96. The topological polar surface area (TPSA) is 0 Å². The molecule has 0 aromatic heterocycles. The van der Waals surface area contributed by atoms with Gasteiger partial charge in [0.2, 0.25) is 0 Å². The molecule has 0 aromatic rings. The first-order valence-electron chi connectivity index (χ1n) is 5.15. The molecule has 0 N–H and O–H groups in total. The summed E-state index contributed by atoms with van der Waals surface area (Å²) in [5.74, 6) is 0. The zero-order chi connectivity index (χ0) is 7.78. The van der Waals surface area contributed by atoms with Gasteiger partial charge in [0.25, 0.3) is 0 Å². The minimum absolute atomic E-state index is 1.32. The van der Waals surface area contributed by atoms with Crippen molar-refractivity contribution in [3.63, 3.8) is 0 Å². The summed E-state index contributed by atoms with van der Waals surface area (Å²) in [6.07, 6.45) is 17.5. The molecule has 1 aliphatic rings. The Morgan fingerprint density at radius 2 is 0.818 bits per heavy atom. The molecule has 0 bridgehead atoms. The Morgan fingerprint density at radius 1 is 0.455 bits per heavy atom. The van der Waals surface area contributed by atoms with Crippen LogP contribution in [0.2, 0.25) is 0 Å². The Balaban J connectivity index is 2.02. The van der Waals surface area contributed by atoms with Gasteiger partial charge in [-0.15, -0.1) is 0 Å². The molecule has 1 fully saturated rings. The Hall–Kier alpha value is 0. The van der Waals surface area contributed by atoms with Crippen molar-refractivity contribution in [1.82, 2.24) is 0 Å². The van der Waals surface area contributed by atoms with Crippen molar-refractivity contribution in [2.24, 2.45) is 0 Å². The van der Waals surface area contributed by atoms with Gasteiger partial charge in [0.05, 0.1) is 0 Å². The molecular weight excluding hydrogens is 132 g/mol. The van der Waals surface area contributed by atoms with Gasteiger partial charge in [-0.1, -0.05) is 44.9 Å². The molecule has 64 valence electrons. The largest absolute Gasteiger partial charge is 0.0533 e. The number of hydrogen-bond acceptors (Lipinski definition) is 0. The minimum atomic E-state index is 1.32. The summed E-state index contributed by atoms with van der Waals surface area (Å²) < 4.78 is 0. The van der Waals surface area contributed by atoms with Crippen LogP contribution in [0.3, 0.4) is 0 Å². The molecule has 0 unspecified atom stereocenters. The standard InChI is InChI=1S/C11H20/c1-2-4-6-8-10-11-9-7-5-3-1/h1-2H,3-11H2. The number of rotatable bonds is 0. The maximum atomic E-state index is 2.37. The molecular formula is C11H20. The van der Waals surface area contributed by atoms with Gasteiger partial charge < -0.3 is 0 Å². The molecule has 0 heteroatoms. The van der Waals surface area contributed by atoms with Gasteiger partial charge >= 0.3 is 0 Å². The zero-order valence-corrected chi connectivity index (χ0v) is 7.52. The van der Waals surface area contributed by atoms with E-state index in [1.54, 1.807) is 0 Å². The van der Waals surface area contributed by atoms with E-state index in [9.17, 15) is 0 Å². The Bertz CT molecular complexity index is 38.1. The molecule has 0 aliphatic heterocycles. The molecule has 1 rings (SSSR count). The summed E-state index contributed by atoms with van der Waals surface area (Å²) in [6, 6.07) is 0. The van der Waals surface area contributed by atoms with Gasteiger partial charge in [-0.05, 0) is 25.7 Å². The first-order chi connectivity index (χ1) is 5.50. The first-order valence-corrected chi connectivity index (χ1v) is 5.15. The average Bonchev–Trinajstić information content (AvgIpc) is 2.08. The van der Waals surface area contributed by atoms with Crippen LogP contribution in [0.25, 0.3) is 0 Å². The zero-order valence-electron chi connectivity index (χ0n) is 7.52. The third-order valence-electron chi connectivity index (χ3n) is 2.41.